The molecular weight excluding hydrogens is 167 g/mol. The summed E-state index contributed by atoms with van der Waals surface area (Å²) in [5.74, 6) is 0.0555. The van der Waals surface area contributed by atoms with Crippen LogP contribution in [0.1, 0.15) is 25.5 Å². The summed E-state index contributed by atoms with van der Waals surface area (Å²) in [5, 5.41) is 3.23. The molecule has 1 unspecified atom stereocenters. The lowest BCUT2D eigenvalue weighted by molar-refractivity contribution is 0.600. The van der Waals surface area contributed by atoms with E-state index in [9.17, 15) is 4.39 Å². The number of likely N-dealkylation sites (N-methyl/N-ethyl adjacent to an activating group) is 1. The Balaban J connectivity index is 2.55. The molecule has 0 bridgehead atoms. The molecule has 0 aromatic carbocycles. The highest BCUT2D eigenvalue weighted by Crippen LogP contribution is 2.10. The summed E-state index contributed by atoms with van der Waals surface area (Å²) in [6, 6.07) is 3.18. The fourth-order valence-electron chi connectivity index (χ4n) is 1.14. The summed E-state index contributed by atoms with van der Waals surface area (Å²) >= 11 is 0. The smallest absolute Gasteiger partial charge is 0.141 e. The summed E-state index contributed by atoms with van der Waals surface area (Å²) in [7, 11) is 0. The number of hydrogen-bond acceptors (Lipinski definition) is 2. The highest BCUT2D eigenvalue weighted by Gasteiger charge is 2.05. The first-order valence-corrected chi connectivity index (χ1v) is 4.56. The second kappa shape index (κ2) is 4.92. The van der Waals surface area contributed by atoms with E-state index in [1.54, 1.807) is 6.07 Å². The molecule has 1 aromatic heterocycles. The van der Waals surface area contributed by atoms with Gasteiger partial charge >= 0.3 is 0 Å². The van der Waals surface area contributed by atoms with Crippen molar-refractivity contribution in [1.29, 1.82) is 0 Å². The van der Waals surface area contributed by atoms with Gasteiger partial charge in [-0.1, -0.05) is 13.8 Å². The van der Waals surface area contributed by atoms with E-state index in [0.717, 1.165) is 18.8 Å². The molecule has 2 nitrogen and oxygen atoms in total. The van der Waals surface area contributed by atoms with Crippen molar-refractivity contribution >= 4 is 0 Å². The maximum Gasteiger partial charge on any atom is 0.141 e. The Bertz CT molecular complexity index is 246. The lowest BCUT2D eigenvalue weighted by Crippen LogP contribution is -2.19. The number of halogens is 1. The Labute approximate surface area is 78.2 Å². The molecule has 1 heterocycles. The first-order chi connectivity index (χ1) is 6.24. The van der Waals surface area contributed by atoms with Gasteiger partial charge in [0.05, 0.1) is 6.20 Å². The third-order valence-electron chi connectivity index (χ3n) is 1.96. The number of rotatable bonds is 4. The molecule has 13 heavy (non-hydrogen) atoms. The molecule has 0 spiro atoms. The van der Waals surface area contributed by atoms with Crippen LogP contribution in [0.25, 0.3) is 0 Å². The first-order valence-electron chi connectivity index (χ1n) is 4.56. The van der Waals surface area contributed by atoms with Crippen LogP contribution < -0.4 is 5.32 Å². The van der Waals surface area contributed by atoms with Gasteiger partial charge in [0, 0.05) is 18.2 Å². The Morgan fingerprint density at radius 3 is 2.85 bits per heavy atom. The monoisotopic (exact) mass is 182 g/mol. The molecule has 0 amide bonds. The maximum atomic E-state index is 12.5. The zero-order valence-electron chi connectivity index (χ0n) is 8.05. The van der Waals surface area contributed by atoms with Crippen molar-refractivity contribution in [3.05, 3.63) is 29.8 Å². The number of nitrogens with one attached hydrogen (secondary N) is 1. The minimum Gasteiger partial charge on any atom is -0.316 e. The van der Waals surface area contributed by atoms with Crippen LogP contribution in [0.5, 0.6) is 0 Å². The Hall–Kier alpha value is -0.960. The van der Waals surface area contributed by atoms with E-state index in [4.69, 9.17) is 0 Å². The minimum atomic E-state index is -0.278. The molecular formula is C10H15FN2. The second-order valence-corrected chi connectivity index (χ2v) is 3.11. The van der Waals surface area contributed by atoms with E-state index < -0.39 is 0 Å². The zero-order valence-corrected chi connectivity index (χ0v) is 8.05. The summed E-state index contributed by atoms with van der Waals surface area (Å²) in [4.78, 5) is 4.02. The molecule has 3 heteroatoms. The Kier molecular flexibility index (Phi) is 3.83. The zero-order chi connectivity index (χ0) is 9.68. The predicted molar refractivity (Wildman–Crippen MR) is 51.2 cm³/mol. The van der Waals surface area contributed by atoms with Crippen molar-refractivity contribution in [2.45, 2.75) is 19.8 Å². The molecule has 1 rings (SSSR count). The van der Waals surface area contributed by atoms with Crippen molar-refractivity contribution in [2.24, 2.45) is 0 Å². The van der Waals surface area contributed by atoms with E-state index >= 15 is 0 Å². The molecule has 1 atom stereocenters. The van der Waals surface area contributed by atoms with Crippen LogP contribution in [0.3, 0.4) is 0 Å². The van der Waals surface area contributed by atoms with Gasteiger partial charge in [-0.3, -0.25) is 4.98 Å². The van der Waals surface area contributed by atoms with E-state index in [1.165, 1.54) is 12.3 Å². The Morgan fingerprint density at radius 2 is 2.31 bits per heavy atom. The highest BCUT2D eigenvalue weighted by atomic mass is 19.1. The molecule has 0 saturated heterocycles. The summed E-state index contributed by atoms with van der Waals surface area (Å²) in [5.41, 5.74) is 0.933. The van der Waals surface area contributed by atoms with Crippen LogP contribution in [0.15, 0.2) is 18.3 Å². The third kappa shape index (κ3) is 3.11. The second-order valence-electron chi connectivity index (χ2n) is 3.11. The maximum absolute atomic E-state index is 12.5. The highest BCUT2D eigenvalue weighted by molar-refractivity contribution is 5.09. The summed E-state index contributed by atoms with van der Waals surface area (Å²) < 4.78 is 12.5. The van der Waals surface area contributed by atoms with Gasteiger partial charge < -0.3 is 5.32 Å². The van der Waals surface area contributed by atoms with E-state index in [0.29, 0.717) is 5.92 Å². The van der Waals surface area contributed by atoms with E-state index in [1.807, 2.05) is 0 Å². The number of hydrogen-bond donors (Lipinski definition) is 1. The van der Waals surface area contributed by atoms with E-state index in [-0.39, 0.29) is 5.82 Å². The van der Waals surface area contributed by atoms with Crippen LogP contribution in [0, 0.1) is 5.82 Å². The molecule has 0 radical (unpaired) electrons. The van der Waals surface area contributed by atoms with Gasteiger partial charge in [-0.15, -0.1) is 0 Å². The van der Waals surface area contributed by atoms with Crippen LogP contribution in [0.4, 0.5) is 4.39 Å². The molecule has 1 N–H and O–H groups in total. The van der Waals surface area contributed by atoms with Crippen LogP contribution >= 0.6 is 0 Å². The molecule has 0 aliphatic carbocycles. The van der Waals surface area contributed by atoms with Crippen LogP contribution in [-0.2, 0) is 0 Å². The van der Waals surface area contributed by atoms with Gasteiger partial charge in [-0.2, -0.15) is 0 Å². The summed E-state index contributed by atoms with van der Waals surface area (Å²) in [6.45, 7) is 5.97. The normalized spacial score (nSPS) is 12.8. The number of aromatic nitrogens is 1. The number of nitrogens with zero attached hydrogens (tertiary/aromatic N) is 1. The lowest BCUT2D eigenvalue weighted by Gasteiger charge is -2.10. The molecule has 72 valence electrons. The van der Waals surface area contributed by atoms with Crippen LogP contribution in [-0.4, -0.2) is 18.1 Å². The predicted octanol–water partition coefficient (Wildman–Crippen LogP) is 1.93. The molecule has 1 aromatic rings. The van der Waals surface area contributed by atoms with Gasteiger partial charge in [0.1, 0.15) is 5.82 Å². The standard InChI is InChI=1S/C10H15FN2/c1-3-12-6-8(2)10-5-4-9(11)7-13-10/h4-5,7-8,12H,3,6H2,1-2H3. The topological polar surface area (TPSA) is 24.9 Å². The quantitative estimate of drug-likeness (QED) is 0.769. The largest absolute Gasteiger partial charge is 0.316 e. The minimum absolute atomic E-state index is 0.278. The summed E-state index contributed by atoms with van der Waals surface area (Å²) in [6.07, 6.45) is 1.26. The average molecular weight is 182 g/mol. The van der Waals surface area contributed by atoms with Gasteiger partial charge in [-0.05, 0) is 18.7 Å². The third-order valence-corrected chi connectivity index (χ3v) is 1.96. The molecule has 0 aliphatic heterocycles. The fourth-order valence-corrected chi connectivity index (χ4v) is 1.14. The van der Waals surface area contributed by atoms with Gasteiger partial charge in [0.25, 0.3) is 0 Å². The van der Waals surface area contributed by atoms with Crippen molar-refractivity contribution in [1.82, 2.24) is 10.3 Å². The van der Waals surface area contributed by atoms with Crippen molar-refractivity contribution < 1.29 is 4.39 Å². The average Bonchev–Trinajstić information content (AvgIpc) is 2.15. The van der Waals surface area contributed by atoms with Gasteiger partial charge in [-0.25, -0.2) is 4.39 Å². The van der Waals surface area contributed by atoms with Crippen LogP contribution in [0.2, 0.25) is 0 Å². The van der Waals surface area contributed by atoms with E-state index in [2.05, 4.69) is 24.1 Å². The first kappa shape index (κ1) is 10.1. The van der Waals surface area contributed by atoms with Gasteiger partial charge in [0.2, 0.25) is 0 Å². The van der Waals surface area contributed by atoms with Crippen molar-refractivity contribution in [2.75, 3.05) is 13.1 Å². The SMILES string of the molecule is CCNCC(C)c1ccc(F)cn1. The van der Waals surface area contributed by atoms with Crippen molar-refractivity contribution in [3.63, 3.8) is 0 Å². The molecule has 0 fully saturated rings. The number of pyridine rings is 1. The fraction of sp³-hybridized carbons (Fsp3) is 0.500. The van der Waals surface area contributed by atoms with Crippen molar-refractivity contribution in [3.8, 4) is 0 Å². The Morgan fingerprint density at radius 1 is 1.54 bits per heavy atom. The van der Waals surface area contributed by atoms with Gasteiger partial charge in [0.15, 0.2) is 0 Å². The lowest BCUT2D eigenvalue weighted by atomic mass is 10.1. The molecule has 0 aliphatic rings. The molecule has 0 saturated carbocycles.